The van der Waals surface area contributed by atoms with Gasteiger partial charge in [0.25, 0.3) is 0 Å². The summed E-state index contributed by atoms with van der Waals surface area (Å²) < 4.78 is 0. The molecule has 0 aliphatic carbocycles. The number of aromatic nitrogens is 2. The van der Waals surface area contributed by atoms with Crippen molar-refractivity contribution >= 4 is 23.1 Å². The van der Waals surface area contributed by atoms with Crippen molar-refractivity contribution in [3.8, 4) is 0 Å². The van der Waals surface area contributed by atoms with Crippen molar-refractivity contribution in [2.75, 3.05) is 5.43 Å². The molecule has 1 heterocycles. The second kappa shape index (κ2) is 6.83. The maximum absolute atomic E-state index is 5.90. The van der Waals surface area contributed by atoms with Gasteiger partial charge in [-0.3, -0.25) is 5.43 Å². The molecule has 4 nitrogen and oxygen atoms in total. The molecule has 5 heteroatoms. The molecule has 22 heavy (non-hydrogen) atoms. The minimum absolute atomic E-state index is 0.497. The second-order valence-corrected chi connectivity index (χ2v) is 5.00. The molecule has 0 saturated carbocycles. The normalized spacial score (nSPS) is 10.0. The minimum atomic E-state index is 0.497. The van der Waals surface area contributed by atoms with Crippen molar-refractivity contribution in [2.45, 2.75) is 0 Å². The van der Waals surface area contributed by atoms with Gasteiger partial charge in [-0.05, 0) is 0 Å². The number of anilines is 1. The van der Waals surface area contributed by atoms with Crippen molar-refractivity contribution < 1.29 is 0 Å². The third kappa shape index (κ3) is 3.48. The first kappa shape index (κ1) is 14.2. The lowest BCUT2D eigenvalue weighted by Gasteiger charge is -2.08. The molecule has 1 aromatic heterocycles. The van der Waals surface area contributed by atoms with E-state index < -0.39 is 0 Å². The molecule has 0 unspecified atom stereocenters. The van der Waals surface area contributed by atoms with Gasteiger partial charge >= 0.3 is 0 Å². The van der Waals surface area contributed by atoms with E-state index in [0.717, 1.165) is 16.8 Å². The van der Waals surface area contributed by atoms with E-state index in [4.69, 9.17) is 11.6 Å². The molecule has 0 bridgehead atoms. The van der Waals surface area contributed by atoms with Crippen LogP contribution in [0.4, 0.5) is 5.82 Å². The zero-order valence-corrected chi connectivity index (χ0v) is 12.4. The van der Waals surface area contributed by atoms with Gasteiger partial charge in [-0.1, -0.05) is 72.3 Å². The Balaban J connectivity index is 1.97. The molecule has 2 aromatic carbocycles. The number of rotatable bonds is 4. The standard InChI is InChI=1S/C17H13ClN4/c18-15-11-16(20-19-12-15)21-22-17(13-7-3-1-4-8-13)14-9-5-2-6-10-14/h1-12H,(H,20,21). The zero-order valence-electron chi connectivity index (χ0n) is 11.6. The molecule has 3 aromatic rings. The van der Waals surface area contributed by atoms with Crippen LogP contribution in [0.2, 0.25) is 5.02 Å². The molecule has 1 N–H and O–H groups in total. The molecule has 3 rings (SSSR count). The van der Waals surface area contributed by atoms with Gasteiger partial charge in [-0.25, -0.2) is 0 Å². The Hall–Kier alpha value is -2.72. The van der Waals surface area contributed by atoms with E-state index in [0.29, 0.717) is 10.8 Å². The van der Waals surface area contributed by atoms with Crippen LogP contribution in [0.25, 0.3) is 0 Å². The zero-order chi connectivity index (χ0) is 15.2. The lowest BCUT2D eigenvalue weighted by Crippen LogP contribution is -2.07. The summed E-state index contributed by atoms with van der Waals surface area (Å²) in [6.45, 7) is 0. The van der Waals surface area contributed by atoms with Gasteiger partial charge in [0, 0.05) is 17.2 Å². The van der Waals surface area contributed by atoms with Gasteiger partial charge in [-0.2, -0.15) is 10.2 Å². The fourth-order valence-electron chi connectivity index (χ4n) is 2.00. The number of hydrogen-bond donors (Lipinski definition) is 1. The van der Waals surface area contributed by atoms with E-state index in [1.165, 1.54) is 6.20 Å². The van der Waals surface area contributed by atoms with Crippen LogP contribution in [-0.4, -0.2) is 15.9 Å². The summed E-state index contributed by atoms with van der Waals surface area (Å²) in [5.74, 6) is 0.497. The Morgan fingerprint density at radius 1 is 0.909 bits per heavy atom. The first-order valence-electron chi connectivity index (χ1n) is 6.76. The number of nitrogens with one attached hydrogen (secondary N) is 1. The predicted molar refractivity (Wildman–Crippen MR) is 89.2 cm³/mol. The molecule has 0 amide bonds. The molecule has 0 fully saturated rings. The van der Waals surface area contributed by atoms with Crippen LogP contribution in [0, 0.1) is 0 Å². The predicted octanol–water partition coefficient (Wildman–Crippen LogP) is 3.99. The summed E-state index contributed by atoms with van der Waals surface area (Å²) in [6, 6.07) is 21.6. The Labute approximate surface area is 133 Å². The summed E-state index contributed by atoms with van der Waals surface area (Å²) >= 11 is 5.90. The van der Waals surface area contributed by atoms with Gasteiger partial charge in [0.2, 0.25) is 0 Å². The number of hydrogen-bond acceptors (Lipinski definition) is 4. The summed E-state index contributed by atoms with van der Waals surface area (Å²) in [5.41, 5.74) is 5.76. The summed E-state index contributed by atoms with van der Waals surface area (Å²) in [7, 11) is 0. The fourth-order valence-corrected chi connectivity index (χ4v) is 2.15. The van der Waals surface area contributed by atoms with E-state index in [-0.39, 0.29) is 0 Å². The Morgan fingerprint density at radius 3 is 2.05 bits per heavy atom. The van der Waals surface area contributed by atoms with E-state index in [1.807, 2.05) is 60.7 Å². The molecule has 0 saturated heterocycles. The van der Waals surface area contributed by atoms with Gasteiger partial charge in [-0.15, -0.1) is 5.10 Å². The average molecular weight is 309 g/mol. The maximum atomic E-state index is 5.90. The highest BCUT2D eigenvalue weighted by Crippen LogP contribution is 2.13. The largest absolute Gasteiger partial charge is 0.259 e. The number of nitrogens with zero attached hydrogens (tertiary/aromatic N) is 3. The maximum Gasteiger partial charge on any atom is 0.170 e. The van der Waals surface area contributed by atoms with Crippen molar-refractivity contribution in [3.05, 3.63) is 89.1 Å². The molecular weight excluding hydrogens is 296 g/mol. The SMILES string of the molecule is Clc1cnnc(NN=C(c2ccccc2)c2ccccc2)c1. The van der Waals surface area contributed by atoms with Crippen LogP contribution < -0.4 is 5.43 Å². The van der Waals surface area contributed by atoms with E-state index in [1.54, 1.807) is 6.07 Å². The Bertz CT molecular complexity index is 731. The molecule has 0 spiro atoms. The minimum Gasteiger partial charge on any atom is -0.259 e. The quantitative estimate of drug-likeness (QED) is 0.585. The molecule has 0 radical (unpaired) electrons. The lowest BCUT2D eigenvalue weighted by atomic mass is 10.0. The molecule has 0 atom stereocenters. The highest BCUT2D eigenvalue weighted by atomic mass is 35.5. The van der Waals surface area contributed by atoms with Crippen molar-refractivity contribution in [1.82, 2.24) is 10.2 Å². The van der Waals surface area contributed by atoms with E-state index in [9.17, 15) is 0 Å². The van der Waals surface area contributed by atoms with Crippen molar-refractivity contribution in [1.29, 1.82) is 0 Å². The third-order valence-corrected chi connectivity index (χ3v) is 3.20. The first-order valence-corrected chi connectivity index (χ1v) is 7.13. The molecule has 108 valence electrons. The van der Waals surface area contributed by atoms with E-state index >= 15 is 0 Å². The van der Waals surface area contributed by atoms with Gasteiger partial charge in [0.15, 0.2) is 5.82 Å². The van der Waals surface area contributed by atoms with Crippen LogP contribution >= 0.6 is 11.6 Å². The Morgan fingerprint density at radius 2 is 1.50 bits per heavy atom. The smallest absolute Gasteiger partial charge is 0.170 e. The molecular formula is C17H13ClN4. The van der Waals surface area contributed by atoms with Crippen molar-refractivity contribution in [2.24, 2.45) is 5.10 Å². The van der Waals surface area contributed by atoms with Crippen LogP contribution in [0.1, 0.15) is 11.1 Å². The number of benzene rings is 2. The highest BCUT2D eigenvalue weighted by molar-refractivity contribution is 6.30. The monoisotopic (exact) mass is 308 g/mol. The van der Waals surface area contributed by atoms with E-state index in [2.05, 4.69) is 20.7 Å². The van der Waals surface area contributed by atoms with Gasteiger partial charge in [0.05, 0.1) is 16.9 Å². The lowest BCUT2D eigenvalue weighted by molar-refractivity contribution is 1.02. The van der Waals surface area contributed by atoms with Crippen LogP contribution in [0.5, 0.6) is 0 Å². The first-order chi connectivity index (χ1) is 10.8. The summed E-state index contributed by atoms with van der Waals surface area (Å²) in [6.07, 6.45) is 1.48. The van der Waals surface area contributed by atoms with Gasteiger partial charge < -0.3 is 0 Å². The third-order valence-electron chi connectivity index (χ3n) is 3.00. The van der Waals surface area contributed by atoms with Gasteiger partial charge in [0.1, 0.15) is 0 Å². The molecule has 0 aliphatic rings. The fraction of sp³-hybridized carbons (Fsp3) is 0. The topological polar surface area (TPSA) is 50.2 Å². The Kier molecular flexibility index (Phi) is 4.41. The van der Waals surface area contributed by atoms with Crippen LogP contribution in [0.15, 0.2) is 78.0 Å². The number of halogens is 1. The second-order valence-electron chi connectivity index (χ2n) is 4.56. The average Bonchev–Trinajstić information content (AvgIpc) is 2.57. The summed E-state index contributed by atoms with van der Waals surface area (Å²) in [5, 5.41) is 12.7. The highest BCUT2D eigenvalue weighted by Gasteiger charge is 2.06. The van der Waals surface area contributed by atoms with Crippen LogP contribution in [0.3, 0.4) is 0 Å². The number of hydrazone groups is 1. The summed E-state index contributed by atoms with van der Waals surface area (Å²) in [4.78, 5) is 0. The van der Waals surface area contributed by atoms with Crippen molar-refractivity contribution in [3.63, 3.8) is 0 Å². The van der Waals surface area contributed by atoms with Crippen LogP contribution in [-0.2, 0) is 0 Å². The molecule has 0 aliphatic heterocycles.